The smallest absolute Gasteiger partial charge is 0.239 e. The number of H-pyrrole nitrogens is 2. The number of aliphatic hydroxyl groups is 1. The van der Waals surface area contributed by atoms with E-state index in [9.17, 15) is 13.5 Å². The average molecular weight is 503 g/mol. The molecule has 2 aromatic heterocycles. The molecule has 4 aromatic rings. The average Bonchev–Trinajstić information content (AvgIpc) is 3.56. The molecule has 0 unspecified atom stereocenters. The van der Waals surface area contributed by atoms with E-state index in [-0.39, 0.29) is 40.9 Å². The van der Waals surface area contributed by atoms with Crippen LogP contribution < -0.4 is 20.9 Å². The lowest BCUT2D eigenvalue weighted by atomic mass is 9.98. The molecular weight excluding hydrogens is 480 g/mol. The number of tetrazole rings is 1. The van der Waals surface area contributed by atoms with E-state index in [2.05, 4.69) is 40.6 Å². The summed E-state index contributed by atoms with van der Waals surface area (Å²) >= 11 is 1.15. The van der Waals surface area contributed by atoms with Crippen molar-refractivity contribution in [1.29, 1.82) is 0 Å². The fraction of sp³-hybridized carbons (Fsp3) is 0.263. The Labute approximate surface area is 198 Å². The van der Waals surface area contributed by atoms with Crippen molar-refractivity contribution in [1.82, 2.24) is 40.6 Å². The minimum Gasteiger partial charge on any atom is -0.395 e. The Morgan fingerprint density at radius 3 is 2.79 bits per heavy atom. The number of nitrogen functional groups attached to an aromatic ring is 1. The van der Waals surface area contributed by atoms with Gasteiger partial charge in [0.2, 0.25) is 10.0 Å². The Morgan fingerprint density at radius 1 is 1.24 bits per heavy atom. The largest absolute Gasteiger partial charge is 0.395 e. The molecule has 1 saturated heterocycles. The van der Waals surface area contributed by atoms with Gasteiger partial charge in [-0.05, 0) is 46.5 Å². The fourth-order valence-corrected chi connectivity index (χ4v) is 6.23. The zero-order valence-electron chi connectivity index (χ0n) is 17.7. The van der Waals surface area contributed by atoms with E-state index in [1.807, 2.05) is 18.2 Å². The van der Waals surface area contributed by atoms with Gasteiger partial charge in [0.1, 0.15) is 4.90 Å². The number of para-hydroxylation sites is 1. The molecular formula is C19H22N10O3S2. The first-order valence-corrected chi connectivity index (χ1v) is 12.7. The number of imidazole rings is 1. The number of benzene rings is 2. The van der Waals surface area contributed by atoms with Crippen molar-refractivity contribution in [3.63, 3.8) is 0 Å². The molecule has 0 amide bonds. The van der Waals surface area contributed by atoms with Crippen molar-refractivity contribution in [2.45, 2.75) is 28.3 Å². The number of nitrogens with zero attached hydrogens (tertiary/aromatic N) is 4. The number of nitrogens with one attached hydrogen (secondary N) is 4. The van der Waals surface area contributed by atoms with Crippen LogP contribution in [0.4, 0.5) is 5.95 Å². The molecule has 1 aliphatic rings. The highest BCUT2D eigenvalue weighted by Gasteiger charge is 2.29. The SMILES string of the molecule is Nc1nc2c(-c3ccc(SN[C@@H]4CN[C@H](CO)C4)c(S(N)(=O)=O)c3-c3nnn[nH]3)cccc2[nH]1. The van der Waals surface area contributed by atoms with Crippen molar-refractivity contribution in [3.05, 3.63) is 30.3 Å². The number of hydrogen-bond acceptors (Lipinski definition) is 11. The van der Waals surface area contributed by atoms with Crippen LogP contribution in [-0.4, -0.2) is 69.4 Å². The first kappa shape index (κ1) is 22.7. The first-order valence-electron chi connectivity index (χ1n) is 10.3. The molecule has 0 spiro atoms. The number of aromatic amines is 2. The van der Waals surface area contributed by atoms with E-state index < -0.39 is 10.0 Å². The highest BCUT2D eigenvalue weighted by atomic mass is 32.2. The minimum absolute atomic E-state index is 0.00390. The van der Waals surface area contributed by atoms with E-state index in [1.54, 1.807) is 12.1 Å². The van der Waals surface area contributed by atoms with Crippen LogP contribution in [0, 0.1) is 0 Å². The number of rotatable bonds is 7. The molecule has 5 rings (SSSR count). The van der Waals surface area contributed by atoms with Crippen LogP contribution >= 0.6 is 11.9 Å². The molecule has 34 heavy (non-hydrogen) atoms. The number of aromatic nitrogens is 6. The van der Waals surface area contributed by atoms with Crippen LogP contribution in [-0.2, 0) is 10.0 Å². The van der Waals surface area contributed by atoms with E-state index >= 15 is 0 Å². The number of anilines is 1. The molecule has 2 atom stereocenters. The summed E-state index contributed by atoms with van der Waals surface area (Å²) in [7, 11) is -4.21. The van der Waals surface area contributed by atoms with Crippen molar-refractivity contribution in [2.75, 3.05) is 18.9 Å². The lowest BCUT2D eigenvalue weighted by molar-refractivity contribution is 0.254. The predicted molar refractivity (Wildman–Crippen MR) is 127 cm³/mol. The van der Waals surface area contributed by atoms with Gasteiger partial charge in [-0.2, -0.15) is 0 Å². The lowest BCUT2D eigenvalue weighted by Crippen LogP contribution is -2.26. The van der Waals surface area contributed by atoms with E-state index in [0.29, 0.717) is 40.0 Å². The number of primary sulfonamides is 1. The van der Waals surface area contributed by atoms with Crippen molar-refractivity contribution >= 4 is 39.0 Å². The Balaban J connectivity index is 1.66. The molecule has 1 fully saturated rings. The first-order chi connectivity index (χ1) is 16.3. The highest BCUT2D eigenvalue weighted by molar-refractivity contribution is 7.98. The maximum absolute atomic E-state index is 12.9. The fourth-order valence-electron chi connectivity index (χ4n) is 4.11. The van der Waals surface area contributed by atoms with Gasteiger partial charge in [0, 0.05) is 34.7 Å². The second kappa shape index (κ2) is 8.94. The number of aliphatic hydroxyl groups excluding tert-OH is 1. The molecule has 13 nitrogen and oxygen atoms in total. The third kappa shape index (κ3) is 4.24. The van der Waals surface area contributed by atoms with Gasteiger partial charge in [-0.25, -0.2) is 23.6 Å². The van der Waals surface area contributed by atoms with Gasteiger partial charge in [-0.3, -0.25) is 4.72 Å². The van der Waals surface area contributed by atoms with Gasteiger partial charge < -0.3 is 21.1 Å². The number of fused-ring (bicyclic) bond motifs is 1. The Morgan fingerprint density at radius 2 is 2.09 bits per heavy atom. The van der Waals surface area contributed by atoms with Gasteiger partial charge in [0.15, 0.2) is 11.8 Å². The van der Waals surface area contributed by atoms with Crippen molar-refractivity contribution in [2.24, 2.45) is 5.14 Å². The Bertz CT molecular complexity index is 1440. The molecule has 0 saturated carbocycles. The van der Waals surface area contributed by atoms with Crippen LogP contribution in [0.3, 0.4) is 0 Å². The zero-order valence-corrected chi connectivity index (χ0v) is 19.3. The topological polar surface area (TPSA) is 214 Å². The van der Waals surface area contributed by atoms with Crippen LogP contribution in [0.15, 0.2) is 40.1 Å². The second-order valence-corrected chi connectivity index (χ2v) is 10.3. The predicted octanol–water partition coefficient (Wildman–Crippen LogP) is -0.0409. The van der Waals surface area contributed by atoms with E-state index in [1.165, 1.54) is 0 Å². The normalized spacial score (nSPS) is 18.6. The van der Waals surface area contributed by atoms with Crippen LogP contribution in [0.2, 0.25) is 0 Å². The maximum Gasteiger partial charge on any atom is 0.239 e. The Hall–Kier alpha value is -3.08. The second-order valence-electron chi connectivity index (χ2n) is 7.87. The number of sulfonamides is 1. The third-order valence-electron chi connectivity index (χ3n) is 5.59. The minimum atomic E-state index is -4.21. The van der Waals surface area contributed by atoms with Crippen LogP contribution in [0.5, 0.6) is 0 Å². The molecule has 15 heteroatoms. The van der Waals surface area contributed by atoms with Crippen LogP contribution in [0.1, 0.15) is 6.42 Å². The molecule has 2 aromatic carbocycles. The van der Waals surface area contributed by atoms with Gasteiger partial charge >= 0.3 is 0 Å². The summed E-state index contributed by atoms with van der Waals surface area (Å²) in [6.45, 7) is 0.675. The lowest BCUT2D eigenvalue weighted by Gasteiger charge is -2.17. The summed E-state index contributed by atoms with van der Waals surface area (Å²) in [5.74, 6) is 0.379. The third-order valence-corrected chi connectivity index (χ3v) is 7.72. The van der Waals surface area contributed by atoms with Crippen LogP contribution in [0.25, 0.3) is 33.5 Å². The van der Waals surface area contributed by atoms with E-state index in [0.717, 1.165) is 11.9 Å². The highest BCUT2D eigenvalue weighted by Crippen LogP contribution is 2.41. The standard InChI is InChI=1S/C19H22N10O3S2/c20-19-23-13-3-1-2-12(16(13)24-19)11-4-5-14(33-27-9-6-10(8-30)22-7-9)17(34(21,31)32)15(11)18-25-28-29-26-18/h1-5,9-10,22,27,30H,6-8H2,(H3,20,23,24)(H2,21,31,32)(H,25,26,28,29)/t9-,10-/m0/s1. The quantitative estimate of drug-likeness (QED) is 0.166. The summed E-state index contributed by atoms with van der Waals surface area (Å²) in [4.78, 5) is 7.61. The van der Waals surface area contributed by atoms with Crippen molar-refractivity contribution < 1.29 is 13.5 Å². The Kier molecular flexibility index (Phi) is 5.97. The van der Waals surface area contributed by atoms with Gasteiger partial charge in [-0.15, -0.1) is 5.10 Å². The van der Waals surface area contributed by atoms with Crippen molar-refractivity contribution in [3.8, 4) is 22.5 Å². The molecule has 0 radical (unpaired) electrons. The number of nitrogens with two attached hydrogens (primary N) is 2. The monoisotopic (exact) mass is 502 g/mol. The summed E-state index contributed by atoms with van der Waals surface area (Å²) in [5.41, 5.74) is 8.51. The molecule has 178 valence electrons. The molecule has 0 aliphatic carbocycles. The molecule has 9 N–H and O–H groups in total. The van der Waals surface area contributed by atoms with Gasteiger partial charge in [0.25, 0.3) is 0 Å². The van der Waals surface area contributed by atoms with Gasteiger partial charge in [-0.1, -0.05) is 18.2 Å². The summed E-state index contributed by atoms with van der Waals surface area (Å²) in [6, 6.07) is 8.93. The van der Waals surface area contributed by atoms with Gasteiger partial charge in [0.05, 0.1) is 17.6 Å². The molecule has 3 heterocycles. The molecule has 0 bridgehead atoms. The van der Waals surface area contributed by atoms with E-state index in [4.69, 9.17) is 10.9 Å². The summed E-state index contributed by atoms with van der Waals surface area (Å²) in [5, 5.41) is 32.1. The summed E-state index contributed by atoms with van der Waals surface area (Å²) in [6.07, 6.45) is 0.702. The zero-order chi connectivity index (χ0) is 23.9. The summed E-state index contributed by atoms with van der Waals surface area (Å²) < 4.78 is 29.0. The maximum atomic E-state index is 12.9. The molecule has 1 aliphatic heterocycles. The number of hydrogen-bond donors (Lipinski definition) is 7.